The van der Waals surface area contributed by atoms with Gasteiger partial charge in [-0.2, -0.15) is 4.99 Å². The molecule has 1 aromatic rings. The Morgan fingerprint density at radius 3 is 2.63 bits per heavy atom. The smallest absolute Gasteiger partial charge is 0.253 e. The highest BCUT2D eigenvalue weighted by molar-refractivity contribution is 6.03. The Hall–Kier alpha value is -2.77. The van der Waals surface area contributed by atoms with Crippen LogP contribution in [-0.2, 0) is 0 Å². The average molecular weight is 261 g/mol. The van der Waals surface area contributed by atoms with Gasteiger partial charge in [-0.3, -0.25) is 4.79 Å². The number of rotatable bonds is 1. The van der Waals surface area contributed by atoms with Gasteiger partial charge in [-0.05, 0) is 12.1 Å². The van der Waals surface area contributed by atoms with Crippen LogP contribution in [0.2, 0.25) is 0 Å². The van der Waals surface area contributed by atoms with E-state index < -0.39 is 0 Å². The first-order valence-corrected chi connectivity index (χ1v) is 5.67. The van der Waals surface area contributed by atoms with Gasteiger partial charge >= 0.3 is 0 Å². The Morgan fingerprint density at radius 2 is 1.89 bits per heavy atom. The van der Waals surface area contributed by atoms with Gasteiger partial charge in [0.2, 0.25) is 5.96 Å². The normalized spacial score (nSPS) is 14.7. The Balaban J connectivity index is 2.45. The summed E-state index contributed by atoms with van der Waals surface area (Å²) in [6.07, 6.45) is 0. The van der Waals surface area contributed by atoms with Gasteiger partial charge in [-0.15, -0.1) is 0 Å². The van der Waals surface area contributed by atoms with Gasteiger partial charge in [-0.1, -0.05) is 6.07 Å². The summed E-state index contributed by atoms with van der Waals surface area (Å²) in [5, 5.41) is 5.89. The van der Waals surface area contributed by atoms with Crippen molar-refractivity contribution in [2.24, 2.45) is 27.2 Å². The molecule has 8 heteroatoms. The van der Waals surface area contributed by atoms with Crippen LogP contribution >= 0.6 is 0 Å². The van der Waals surface area contributed by atoms with E-state index >= 15 is 0 Å². The Kier molecular flexibility index (Phi) is 3.51. The zero-order valence-corrected chi connectivity index (χ0v) is 10.2. The van der Waals surface area contributed by atoms with Crippen molar-refractivity contribution in [3.05, 3.63) is 23.8 Å². The van der Waals surface area contributed by atoms with Crippen LogP contribution in [0.4, 0.5) is 11.4 Å². The maximum absolute atomic E-state index is 11.8. The number of carbonyl (C=O) groups is 1. The molecule has 8 N–H and O–H groups in total. The number of fused-ring (bicyclic) bond motifs is 1. The zero-order valence-electron chi connectivity index (χ0n) is 10.2. The van der Waals surface area contributed by atoms with Gasteiger partial charge < -0.3 is 27.8 Å². The van der Waals surface area contributed by atoms with E-state index in [0.29, 0.717) is 30.0 Å². The highest BCUT2D eigenvalue weighted by Gasteiger charge is 2.17. The highest BCUT2D eigenvalue weighted by Crippen LogP contribution is 2.29. The van der Waals surface area contributed by atoms with Crippen LogP contribution in [0.15, 0.2) is 28.2 Å². The molecule has 100 valence electrons. The zero-order chi connectivity index (χ0) is 13.8. The molecule has 0 atom stereocenters. The fourth-order valence-corrected chi connectivity index (χ4v) is 1.75. The molecule has 0 radical (unpaired) electrons. The van der Waals surface area contributed by atoms with E-state index in [2.05, 4.69) is 20.6 Å². The first-order valence-electron chi connectivity index (χ1n) is 5.67. The summed E-state index contributed by atoms with van der Waals surface area (Å²) >= 11 is 0. The van der Waals surface area contributed by atoms with Crippen LogP contribution in [0.1, 0.15) is 10.4 Å². The second-order valence-corrected chi connectivity index (χ2v) is 3.89. The molecular formula is C11H15N7O. The Bertz CT molecular complexity index is 560. The number of para-hydroxylation sites is 1. The third-order valence-electron chi connectivity index (χ3n) is 2.48. The summed E-state index contributed by atoms with van der Waals surface area (Å²) in [6.45, 7) is 1.15. The molecule has 0 fully saturated rings. The number of hydrogen-bond acceptors (Lipinski definition) is 3. The molecule has 19 heavy (non-hydrogen) atoms. The molecule has 0 saturated heterocycles. The van der Waals surface area contributed by atoms with Crippen molar-refractivity contribution < 1.29 is 4.79 Å². The number of benzene rings is 1. The van der Waals surface area contributed by atoms with Gasteiger partial charge in [0.05, 0.1) is 16.9 Å². The van der Waals surface area contributed by atoms with Gasteiger partial charge in [0.15, 0.2) is 5.96 Å². The van der Waals surface area contributed by atoms with Crippen molar-refractivity contribution in [2.45, 2.75) is 0 Å². The topological polar surface area (TPSA) is 144 Å². The van der Waals surface area contributed by atoms with Crippen molar-refractivity contribution in [1.29, 1.82) is 0 Å². The fraction of sp³-hybridized carbons (Fsp3) is 0.182. The molecule has 8 nitrogen and oxygen atoms in total. The van der Waals surface area contributed by atoms with Gasteiger partial charge in [0.1, 0.15) is 0 Å². The maximum atomic E-state index is 11.8. The number of guanidine groups is 2. The number of aliphatic imine (C=N–C) groups is 2. The monoisotopic (exact) mass is 261 g/mol. The van der Waals surface area contributed by atoms with Gasteiger partial charge in [-0.25, -0.2) is 4.99 Å². The van der Waals surface area contributed by atoms with E-state index in [1.54, 1.807) is 18.2 Å². The Labute approximate surface area is 109 Å². The molecule has 0 saturated carbocycles. The largest absolute Gasteiger partial charge is 0.381 e. The minimum atomic E-state index is -0.172. The van der Waals surface area contributed by atoms with Crippen molar-refractivity contribution in [1.82, 2.24) is 5.32 Å². The molecule has 0 bridgehead atoms. The maximum Gasteiger partial charge on any atom is 0.253 e. The summed E-state index contributed by atoms with van der Waals surface area (Å²) in [5.41, 5.74) is 17.7. The number of nitrogens with two attached hydrogens (primary N) is 3. The molecule has 1 amide bonds. The lowest BCUT2D eigenvalue weighted by molar-refractivity contribution is 0.0958. The summed E-state index contributed by atoms with van der Waals surface area (Å²) in [5.74, 6) is -0.397. The van der Waals surface area contributed by atoms with E-state index in [1.165, 1.54) is 0 Å². The lowest BCUT2D eigenvalue weighted by Gasteiger charge is -2.09. The SMILES string of the molecule is NC(N)=NC(N)=Nc1cccc2c1NCCNC2=O. The first-order chi connectivity index (χ1) is 9.08. The summed E-state index contributed by atoms with van der Waals surface area (Å²) in [7, 11) is 0. The minimum absolute atomic E-state index is 0.0696. The number of hydrogen-bond donors (Lipinski definition) is 5. The van der Waals surface area contributed by atoms with E-state index in [-0.39, 0.29) is 17.8 Å². The summed E-state index contributed by atoms with van der Waals surface area (Å²) in [4.78, 5) is 19.6. The van der Waals surface area contributed by atoms with Crippen molar-refractivity contribution in [3.8, 4) is 0 Å². The highest BCUT2D eigenvalue weighted by atomic mass is 16.1. The molecule has 0 unspecified atom stereocenters. The van der Waals surface area contributed by atoms with Gasteiger partial charge in [0.25, 0.3) is 5.91 Å². The number of anilines is 1. The Morgan fingerprint density at radius 1 is 1.16 bits per heavy atom. The first kappa shape index (κ1) is 12.7. The van der Waals surface area contributed by atoms with Crippen LogP contribution in [0.3, 0.4) is 0 Å². The standard InChI is InChI=1S/C11H15N7O/c12-10(13)18-11(14)17-7-3-1-2-6-8(7)15-4-5-16-9(6)19/h1-3,15H,4-5H2,(H,16,19)(H6,12,13,14,17,18). The van der Waals surface area contributed by atoms with Gasteiger partial charge in [0, 0.05) is 13.1 Å². The second kappa shape index (κ2) is 5.25. The molecule has 1 aliphatic heterocycles. The third-order valence-corrected chi connectivity index (χ3v) is 2.48. The van der Waals surface area contributed by atoms with Crippen LogP contribution in [0, 0.1) is 0 Å². The van der Waals surface area contributed by atoms with Crippen molar-refractivity contribution in [2.75, 3.05) is 18.4 Å². The van der Waals surface area contributed by atoms with E-state index in [9.17, 15) is 4.79 Å². The number of nitrogens with one attached hydrogen (secondary N) is 2. The molecule has 1 heterocycles. The number of nitrogens with zero attached hydrogens (tertiary/aromatic N) is 2. The lowest BCUT2D eigenvalue weighted by atomic mass is 10.1. The molecule has 2 rings (SSSR count). The predicted octanol–water partition coefficient (Wildman–Crippen LogP) is -0.938. The number of carbonyl (C=O) groups excluding carboxylic acids is 1. The minimum Gasteiger partial charge on any atom is -0.381 e. The van der Waals surface area contributed by atoms with Crippen molar-refractivity contribution in [3.63, 3.8) is 0 Å². The third kappa shape index (κ3) is 2.92. The predicted molar refractivity (Wildman–Crippen MR) is 74.4 cm³/mol. The molecule has 0 aliphatic carbocycles. The molecule has 1 aliphatic rings. The molecule has 0 spiro atoms. The van der Waals surface area contributed by atoms with Crippen LogP contribution in [0.25, 0.3) is 0 Å². The van der Waals surface area contributed by atoms with Crippen LogP contribution < -0.4 is 27.8 Å². The molecular weight excluding hydrogens is 246 g/mol. The van der Waals surface area contributed by atoms with Crippen LogP contribution in [-0.4, -0.2) is 30.9 Å². The van der Waals surface area contributed by atoms with Crippen molar-refractivity contribution >= 4 is 29.2 Å². The summed E-state index contributed by atoms with van der Waals surface area (Å²) in [6, 6.07) is 5.14. The quantitative estimate of drug-likeness (QED) is 0.327. The fourth-order valence-electron chi connectivity index (χ4n) is 1.75. The second-order valence-electron chi connectivity index (χ2n) is 3.89. The van der Waals surface area contributed by atoms with E-state index in [0.717, 1.165) is 0 Å². The van der Waals surface area contributed by atoms with E-state index in [1.807, 2.05) is 0 Å². The number of amides is 1. The lowest BCUT2D eigenvalue weighted by Crippen LogP contribution is -2.26. The average Bonchev–Trinajstić information content (AvgIpc) is 2.52. The summed E-state index contributed by atoms with van der Waals surface area (Å²) < 4.78 is 0. The molecule has 1 aromatic carbocycles. The van der Waals surface area contributed by atoms with E-state index in [4.69, 9.17) is 17.2 Å². The van der Waals surface area contributed by atoms with Crippen LogP contribution in [0.5, 0.6) is 0 Å². The molecule has 0 aromatic heterocycles.